The number of rotatable bonds is 6. The van der Waals surface area contributed by atoms with E-state index in [2.05, 4.69) is 10.2 Å². The van der Waals surface area contributed by atoms with Gasteiger partial charge in [-0.1, -0.05) is 0 Å². The molecule has 1 atom stereocenters. The zero-order chi connectivity index (χ0) is 11.1. The van der Waals surface area contributed by atoms with Gasteiger partial charge in [-0.3, -0.25) is 0 Å². The Balaban J connectivity index is 2.12. The molecule has 0 aromatic rings. The number of aliphatic hydroxyl groups excluding tert-OH is 2. The number of hydrogen-bond donors (Lipinski definition) is 3. The molecule has 0 spiro atoms. The smallest absolute Gasteiger partial charge is 0.0897 e. The molecule has 4 nitrogen and oxygen atoms in total. The first-order valence-corrected chi connectivity index (χ1v) is 5.92. The fourth-order valence-electron chi connectivity index (χ4n) is 2.16. The van der Waals surface area contributed by atoms with E-state index in [1.54, 1.807) is 0 Å². The van der Waals surface area contributed by atoms with Gasteiger partial charge in [0, 0.05) is 6.54 Å². The maximum absolute atomic E-state index is 9.32. The van der Waals surface area contributed by atoms with Gasteiger partial charge in [0.15, 0.2) is 0 Å². The maximum atomic E-state index is 9.32. The lowest BCUT2D eigenvalue weighted by atomic mass is 9.93. The van der Waals surface area contributed by atoms with Gasteiger partial charge in [0.1, 0.15) is 0 Å². The van der Waals surface area contributed by atoms with Gasteiger partial charge in [-0.05, 0) is 51.9 Å². The summed E-state index contributed by atoms with van der Waals surface area (Å²) in [5, 5.41) is 21.2. The summed E-state index contributed by atoms with van der Waals surface area (Å²) in [5.74, 6) is 0.833. The Bertz CT molecular complexity index is 159. The second-order valence-corrected chi connectivity index (χ2v) is 4.47. The highest BCUT2D eigenvalue weighted by atomic mass is 16.3. The Morgan fingerprint density at radius 3 is 2.60 bits per heavy atom. The molecule has 4 heteroatoms. The number of hydrogen-bond acceptors (Lipinski definition) is 4. The average Bonchev–Trinajstić information content (AvgIpc) is 2.28. The molecule has 1 saturated heterocycles. The third-order valence-electron chi connectivity index (χ3n) is 3.19. The molecule has 0 bridgehead atoms. The Labute approximate surface area is 92.3 Å². The van der Waals surface area contributed by atoms with Crippen molar-refractivity contribution >= 4 is 0 Å². The van der Waals surface area contributed by atoms with Crippen LogP contribution in [0.1, 0.15) is 19.3 Å². The molecule has 1 unspecified atom stereocenters. The van der Waals surface area contributed by atoms with E-state index in [9.17, 15) is 5.11 Å². The molecule has 15 heavy (non-hydrogen) atoms. The first-order valence-electron chi connectivity index (χ1n) is 5.92. The topological polar surface area (TPSA) is 55.7 Å². The fourth-order valence-corrected chi connectivity index (χ4v) is 2.16. The standard InChI is InChI=1S/C11H24N2O2/c1-12-5-2-10-3-6-13(7-4-10)8-11(15)9-14/h10-12,14-15H,2-9H2,1H3. The lowest BCUT2D eigenvalue weighted by molar-refractivity contribution is 0.0469. The first kappa shape index (κ1) is 12.9. The minimum atomic E-state index is -0.571. The van der Waals surface area contributed by atoms with Gasteiger partial charge in [0.2, 0.25) is 0 Å². The maximum Gasteiger partial charge on any atom is 0.0897 e. The van der Waals surface area contributed by atoms with Crippen molar-refractivity contribution in [2.75, 3.05) is 39.8 Å². The van der Waals surface area contributed by atoms with E-state index in [0.717, 1.165) is 25.6 Å². The molecule has 0 aromatic carbocycles. The molecule has 0 aromatic heterocycles. The van der Waals surface area contributed by atoms with E-state index < -0.39 is 6.10 Å². The predicted molar refractivity (Wildman–Crippen MR) is 60.8 cm³/mol. The molecule has 1 heterocycles. The normalized spacial score (nSPS) is 21.8. The molecule has 1 aliphatic heterocycles. The Hall–Kier alpha value is -0.160. The number of aliphatic hydroxyl groups is 2. The molecular formula is C11H24N2O2. The summed E-state index contributed by atoms with van der Waals surface area (Å²) in [6.45, 7) is 3.72. The van der Waals surface area contributed by atoms with Gasteiger partial charge in [0.05, 0.1) is 12.7 Å². The van der Waals surface area contributed by atoms with E-state index >= 15 is 0 Å². The predicted octanol–water partition coefficient (Wildman–Crippen LogP) is -0.339. The largest absolute Gasteiger partial charge is 0.394 e. The summed E-state index contributed by atoms with van der Waals surface area (Å²) in [6.07, 6.45) is 3.13. The lowest BCUT2D eigenvalue weighted by Crippen LogP contribution is -2.40. The van der Waals surface area contributed by atoms with Gasteiger partial charge < -0.3 is 20.4 Å². The highest BCUT2D eigenvalue weighted by molar-refractivity contribution is 4.74. The molecule has 0 saturated carbocycles. The monoisotopic (exact) mass is 216 g/mol. The number of nitrogens with one attached hydrogen (secondary N) is 1. The van der Waals surface area contributed by atoms with E-state index in [0.29, 0.717) is 6.54 Å². The van der Waals surface area contributed by atoms with Crippen LogP contribution in [-0.4, -0.2) is 61.1 Å². The van der Waals surface area contributed by atoms with Gasteiger partial charge >= 0.3 is 0 Å². The molecule has 1 rings (SSSR count). The van der Waals surface area contributed by atoms with Crippen molar-refractivity contribution in [3.8, 4) is 0 Å². The lowest BCUT2D eigenvalue weighted by Gasteiger charge is -2.32. The molecule has 1 fully saturated rings. The van der Waals surface area contributed by atoms with E-state index in [4.69, 9.17) is 5.11 Å². The second kappa shape index (κ2) is 7.17. The molecule has 3 N–H and O–H groups in total. The van der Waals surface area contributed by atoms with Gasteiger partial charge in [-0.15, -0.1) is 0 Å². The summed E-state index contributed by atoms with van der Waals surface area (Å²) in [7, 11) is 1.99. The van der Waals surface area contributed by atoms with Crippen molar-refractivity contribution in [2.24, 2.45) is 5.92 Å². The molecule has 0 amide bonds. The van der Waals surface area contributed by atoms with Gasteiger partial charge in [0.25, 0.3) is 0 Å². The van der Waals surface area contributed by atoms with Crippen LogP contribution >= 0.6 is 0 Å². The minimum Gasteiger partial charge on any atom is -0.394 e. The molecule has 90 valence electrons. The van der Waals surface area contributed by atoms with Crippen LogP contribution in [0.2, 0.25) is 0 Å². The van der Waals surface area contributed by atoms with Crippen molar-refractivity contribution in [3.63, 3.8) is 0 Å². The van der Waals surface area contributed by atoms with Crippen LogP contribution in [0.5, 0.6) is 0 Å². The van der Waals surface area contributed by atoms with Crippen LogP contribution in [-0.2, 0) is 0 Å². The average molecular weight is 216 g/mol. The first-order chi connectivity index (χ1) is 7.26. The van der Waals surface area contributed by atoms with E-state index in [1.165, 1.54) is 19.3 Å². The van der Waals surface area contributed by atoms with Gasteiger partial charge in [-0.25, -0.2) is 0 Å². The second-order valence-electron chi connectivity index (χ2n) is 4.47. The zero-order valence-electron chi connectivity index (χ0n) is 9.65. The van der Waals surface area contributed by atoms with Crippen molar-refractivity contribution in [2.45, 2.75) is 25.4 Å². The Morgan fingerprint density at radius 1 is 1.40 bits per heavy atom. The highest BCUT2D eigenvalue weighted by Gasteiger charge is 2.20. The molecule has 0 aliphatic carbocycles. The highest BCUT2D eigenvalue weighted by Crippen LogP contribution is 2.19. The van der Waals surface area contributed by atoms with Gasteiger partial charge in [-0.2, -0.15) is 0 Å². The third-order valence-corrected chi connectivity index (χ3v) is 3.19. The van der Waals surface area contributed by atoms with Crippen LogP contribution in [0.15, 0.2) is 0 Å². The van der Waals surface area contributed by atoms with E-state index in [-0.39, 0.29) is 6.61 Å². The summed E-state index contributed by atoms with van der Waals surface area (Å²) in [6, 6.07) is 0. The Kier molecular flexibility index (Phi) is 6.17. The third kappa shape index (κ3) is 4.93. The minimum absolute atomic E-state index is 0.125. The number of piperidine rings is 1. The number of nitrogens with zero attached hydrogens (tertiary/aromatic N) is 1. The summed E-state index contributed by atoms with van der Waals surface area (Å²) < 4.78 is 0. The van der Waals surface area contributed by atoms with Crippen molar-refractivity contribution in [1.29, 1.82) is 0 Å². The van der Waals surface area contributed by atoms with Crippen LogP contribution in [0.3, 0.4) is 0 Å². The number of likely N-dealkylation sites (tertiary alicyclic amines) is 1. The SMILES string of the molecule is CNCCC1CCN(CC(O)CO)CC1. The van der Waals surface area contributed by atoms with E-state index in [1.807, 2.05) is 7.05 Å². The molecular weight excluding hydrogens is 192 g/mol. The summed E-state index contributed by atoms with van der Waals surface area (Å²) in [4.78, 5) is 2.25. The number of β-amino-alcohol motifs (C(OH)–C–C–N with tert-alkyl or cyclic N) is 1. The molecule has 0 radical (unpaired) electrons. The molecule has 1 aliphatic rings. The van der Waals surface area contributed by atoms with Crippen LogP contribution in [0, 0.1) is 5.92 Å². The van der Waals surface area contributed by atoms with Crippen LogP contribution < -0.4 is 5.32 Å². The van der Waals surface area contributed by atoms with Crippen LogP contribution in [0.25, 0.3) is 0 Å². The fraction of sp³-hybridized carbons (Fsp3) is 1.00. The van der Waals surface area contributed by atoms with Crippen molar-refractivity contribution in [3.05, 3.63) is 0 Å². The quantitative estimate of drug-likeness (QED) is 0.569. The Morgan fingerprint density at radius 2 is 2.07 bits per heavy atom. The van der Waals surface area contributed by atoms with Crippen molar-refractivity contribution in [1.82, 2.24) is 10.2 Å². The summed E-state index contributed by atoms with van der Waals surface area (Å²) in [5.41, 5.74) is 0. The zero-order valence-corrected chi connectivity index (χ0v) is 9.65. The summed E-state index contributed by atoms with van der Waals surface area (Å²) >= 11 is 0. The van der Waals surface area contributed by atoms with Crippen molar-refractivity contribution < 1.29 is 10.2 Å². The van der Waals surface area contributed by atoms with Crippen LogP contribution in [0.4, 0.5) is 0 Å².